The average molecular weight is 239 g/mol. The fraction of sp³-hybridized carbons (Fsp3) is 0.923. The Hall–Kier alpha value is -0.610. The monoisotopic (exact) mass is 239 g/mol. The van der Waals surface area contributed by atoms with Crippen molar-refractivity contribution >= 4 is 5.91 Å². The number of likely N-dealkylation sites (tertiary alicyclic amines) is 2. The van der Waals surface area contributed by atoms with E-state index in [4.69, 9.17) is 0 Å². The normalized spacial score (nSPS) is 29.9. The van der Waals surface area contributed by atoms with Crippen LogP contribution in [0.25, 0.3) is 0 Å². The highest BCUT2D eigenvalue weighted by Gasteiger charge is 2.32. The van der Waals surface area contributed by atoms with Crippen molar-refractivity contribution < 1.29 is 4.79 Å². The summed E-state index contributed by atoms with van der Waals surface area (Å²) in [4.78, 5) is 16.0. The molecule has 4 nitrogen and oxygen atoms in total. The molecular formula is C13H25N3O. The highest BCUT2D eigenvalue weighted by atomic mass is 16.2. The summed E-state index contributed by atoms with van der Waals surface area (Å²) in [6.45, 7) is 5.52. The van der Waals surface area contributed by atoms with Crippen LogP contribution in [0.5, 0.6) is 0 Å². The molecule has 0 spiro atoms. The van der Waals surface area contributed by atoms with Crippen molar-refractivity contribution in [3.05, 3.63) is 0 Å². The van der Waals surface area contributed by atoms with E-state index < -0.39 is 0 Å². The van der Waals surface area contributed by atoms with Crippen LogP contribution in [0.3, 0.4) is 0 Å². The van der Waals surface area contributed by atoms with E-state index in [-0.39, 0.29) is 11.9 Å². The van der Waals surface area contributed by atoms with Crippen molar-refractivity contribution in [2.75, 3.05) is 33.7 Å². The highest BCUT2D eigenvalue weighted by molar-refractivity contribution is 5.83. The summed E-state index contributed by atoms with van der Waals surface area (Å²) >= 11 is 0. The predicted molar refractivity (Wildman–Crippen MR) is 68.9 cm³/mol. The molecule has 98 valence electrons. The van der Waals surface area contributed by atoms with Crippen LogP contribution in [0, 0.1) is 5.92 Å². The third-order valence-electron chi connectivity index (χ3n) is 4.36. The number of amides is 1. The van der Waals surface area contributed by atoms with Gasteiger partial charge in [-0.1, -0.05) is 0 Å². The third-order valence-corrected chi connectivity index (χ3v) is 4.36. The molecule has 1 amide bonds. The second-order valence-electron chi connectivity index (χ2n) is 5.70. The van der Waals surface area contributed by atoms with Gasteiger partial charge in [0.1, 0.15) is 0 Å². The van der Waals surface area contributed by atoms with E-state index in [1.165, 1.54) is 25.9 Å². The largest absolute Gasteiger partial charge is 0.344 e. The molecular weight excluding hydrogens is 214 g/mol. The molecule has 0 aromatic heterocycles. The zero-order valence-electron chi connectivity index (χ0n) is 11.3. The molecule has 2 saturated heterocycles. The lowest BCUT2D eigenvalue weighted by molar-refractivity contribution is -0.128. The van der Waals surface area contributed by atoms with Crippen LogP contribution in [-0.2, 0) is 4.79 Å². The summed E-state index contributed by atoms with van der Waals surface area (Å²) in [5, 5.41) is 3.53. The molecule has 1 N–H and O–H groups in total. The molecule has 2 rings (SSSR count). The van der Waals surface area contributed by atoms with Crippen LogP contribution in [0.2, 0.25) is 0 Å². The molecule has 2 heterocycles. The summed E-state index contributed by atoms with van der Waals surface area (Å²) in [6.07, 6.45) is 3.47. The summed E-state index contributed by atoms with van der Waals surface area (Å²) in [7, 11) is 4.08. The number of nitrogens with zero attached hydrogens (tertiary/aromatic N) is 2. The molecule has 4 heteroatoms. The van der Waals surface area contributed by atoms with Crippen molar-refractivity contribution in [1.82, 2.24) is 15.1 Å². The first-order valence-electron chi connectivity index (χ1n) is 6.77. The Labute approximate surface area is 104 Å². The number of hydrogen-bond acceptors (Lipinski definition) is 3. The number of carbonyl (C=O) groups is 1. The second-order valence-corrected chi connectivity index (χ2v) is 5.70. The predicted octanol–water partition coefficient (Wildman–Crippen LogP) is 0.537. The van der Waals surface area contributed by atoms with Crippen molar-refractivity contribution in [2.45, 2.75) is 38.3 Å². The topological polar surface area (TPSA) is 35.6 Å². The Morgan fingerprint density at radius 2 is 1.82 bits per heavy atom. The van der Waals surface area contributed by atoms with Gasteiger partial charge in [0.15, 0.2) is 0 Å². The van der Waals surface area contributed by atoms with E-state index in [2.05, 4.69) is 24.2 Å². The Bertz CT molecular complexity index is 274. The van der Waals surface area contributed by atoms with E-state index in [0.29, 0.717) is 6.04 Å². The van der Waals surface area contributed by atoms with Crippen molar-refractivity contribution in [3.63, 3.8) is 0 Å². The van der Waals surface area contributed by atoms with Crippen molar-refractivity contribution in [2.24, 2.45) is 5.92 Å². The number of hydrogen-bond donors (Lipinski definition) is 1. The quantitative estimate of drug-likeness (QED) is 0.781. The smallest absolute Gasteiger partial charge is 0.239 e. The van der Waals surface area contributed by atoms with Gasteiger partial charge >= 0.3 is 0 Å². The Kier molecular flexibility index (Phi) is 4.05. The van der Waals surface area contributed by atoms with E-state index in [1.807, 2.05) is 11.9 Å². The van der Waals surface area contributed by atoms with Gasteiger partial charge in [-0.2, -0.15) is 0 Å². The van der Waals surface area contributed by atoms with Gasteiger partial charge in [-0.05, 0) is 52.2 Å². The van der Waals surface area contributed by atoms with Gasteiger partial charge in [0.25, 0.3) is 0 Å². The van der Waals surface area contributed by atoms with E-state index in [0.717, 1.165) is 18.9 Å². The third kappa shape index (κ3) is 2.99. The van der Waals surface area contributed by atoms with Gasteiger partial charge < -0.3 is 15.1 Å². The summed E-state index contributed by atoms with van der Waals surface area (Å²) < 4.78 is 0. The second kappa shape index (κ2) is 5.36. The van der Waals surface area contributed by atoms with Crippen LogP contribution < -0.4 is 5.32 Å². The summed E-state index contributed by atoms with van der Waals surface area (Å²) in [5.41, 5.74) is 0. The maximum absolute atomic E-state index is 11.8. The van der Waals surface area contributed by atoms with Crippen molar-refractivity contribution in [1.29, 1.82) is 0 Å². The van der Waals surface area contributed by atoms with Crippen molar-refractivity contribution in [3.8, 4) is 0 Å². The number of likely N-dealkylation sites (N-methyl/N-ethyl adjacent to an activating group) is 1. The standard InChI is InChI=1S/C13H25N3O/c1-10(11-4-7-15(2)8-5-11)14-12-6-9-16(3)13(12)17/h10-12,14H,4-9H2,1-3H3. The average Bonchev–Trinajstić information content (AvgIpc) is 2.62. The van der Waals surface area contributed by atoms with Crippen LogP contribution in [0.1, 0.15) is 26.2 Å². The first-order chi connectivity index (χ1) is 8.08. The van der Waals surface area contributed by atoms with Gasteiger partial charge in [0.2, 0.25) is 5.91 Å². The lowest BCUT2D eigenvalue weighted by atomic mass is 9.90. The minimum absolute atomic E-state index is 0.0645. The minimum atomic E-state index is 0.0645. The van der Waals surface area contributed by atoms with Crippen LogP contribution in [-0.4, -0.2) is 61.5 Å². The first kappa shape index (κ1) is 12.8. The maximum atomic E-state index is 11.8. The van der Waals surface area contributed by atoms with Crippen LogP contribution in [0.4, 0.5) is 0 Å². The molecule has 0 aromatic carbocycles. The fourth-order valence-corrected chi connectivity index (χ4v) is 2.96. The molecule has 0 radical (unpaired) electrons. The lowest BCUT2D eigenvalue weighted by Gasteiger charge is -2.34. The zero-order valence-corrected chi connectivity index (χ0v) is 11.3. The van der Waals surface area contributed by atoms with Gasteiger partial charge in [-0.15, -0.1) is 0 Å². The van der Waals surface area contributed by atoms with Gasteiger partial charge in [-0.3, -0.25) is 4.79 Å². The fourth-order valence-electron chi connectivity index (χ4n) is 2.96. The molecule has 2 atom stereocenters. The molecule has 2 fully saturated rings. The molecule has 0 aliphatic carbocycles. The minimum Gasteiger partial charge on any atom is -0.344 e. The molecule has 0 saturated carbocycles. The van der Waals surface area contributed by atoms with Crippen LogP contribution in [0.15, 0.2) is 0 Å². The Balaban J connectivity index is 1.81. The number of rotatable bonds is 3. The molecule has 0 bridgehead atoms. The van der Waals surface area contributed by atoms with Gasteiger partial charge in [-0.25, -0.2) is 0 Å². The van der Waals surface area contributed by atoms with E-state index >= 15 is 0 Å². The Morgan fingerprint density at radius 1 is 1.18 bits per heavy atom. The summed E-state index contributed by atoms with van der Waals surface area (Å²) in [6, 6.07) is 0.527. The van der Waals surface area contributed by atoms with Gasteiger partial charge in [0, 0.05) is 19.6 Å². The van der Waals surface area contributed by atoms with E-state index in [9.17, 15) is 4.79 Å². The highest BCUT2D eigenvalue weighted by Crippen LogP contribution is 2.21. The maximum Gasteiger partial charge on any atom is 0.239 e. The molecule has 2 aliphatic heterocycles. The zero-order chi connectivity index (χ0) is 12.4. The molecule has 17 heavy (non-hydrogen) atoms. The molecule has 2 aliphatic rings. The SMILES string of the molecule is CC(NC1CCN(C)C1=O)C1CCN(C)CC1. The van der Waals surface area contributed by atoms with E-state index in [1.54, 1.807) is 0 Å². The van der Waals surface area contributed by atoms with Gasteiger partial charge in [0.05, 0.1) is 6.04 Å². The molecule has 2 unspecified atom stereocenters. The number of carbonyl (C=O) groups excluding carboxylic acids is 1. The van der Waals surface area contributed by atoms with Crippen LogP contribution >= 0.6 is 0 Å². The molecule has 0 aromatic rings. The summed E-state index contributed by atoms with van der Waals surface area (Å²) in [5.74, 6) is 0.995. The lowest BCUT2D eigenvalue weighted by Crippen LogP contribution is -2.47. The number of piperidine rings is 1. The Morgan fingerprint density at radius 3 is 2.35 bits per heavy atom. The first-order valence-corrected chi connectivity index (χ1v) is 6.77. The number of nitrogens with one attached hydrogen (secondary N) is 1.